The number of fused-ring (bicyclic) bond motifs is 1. The van der Waals surface area contributed by atoms with Gasteiger partial charge >= 0.3 is 5.97 Å². The number of carbonyl (C=O) groups excluding carboxylic acids is 1. The van der Waals surface area contributed by atoms with E-state index in [1.54, 1.807) is 6.07 Å². The number of methoxy groups -OCH3 is 1. The Kier molecular flexibility index (Phi) is 2.59. The minimum absolute atomic E-state index is 0.148. The number of carbonyl (C=O) groups is 2. The van der Waals surface area contributed by atoms with Crippen LogP contribution in [0, 0.1) is 6.92 Å². The first-order valence-corrected chi connectivity index (χ1v) is 4.98. The normalized spacial score (nSPS) is 10.5. The summed E-state index contributed by atoms with van der Waals surface area (Å²) in [7, 11) is 1.52. The molecule has 0 saturated carbocycles. The van der Waals surface area contributed by atoms with Crippen molar-refractivity contribution in [2.45, 2.75) is 6.92 Å². The smallest absolute Gasteiger partial charge is 0.377 e. The van der Waals surface area contributed by atoms with E-state index in [2.05, 4.69) is 4.98 Å². The van der Waals surface area contributed by atoms with E-state index < -0.39 is 11.8 Å². The van der Waals surface area contributed by atoms with Crippen LogP contribution in [0.1, 0.15) is 15.9 Å². The average molecular weight is 233 g/mol. The maximum atomic E-state index is 11.5. The Morgan fingerprint density at radius 1 is 1.35 bits per heavy atom. The quantitative estimate of drug-likeness (QED) is 0.625. The highest BCUT2D eigenvalue weighted by Gasteiger charge is 2.19. The van der Waals surface area contributed by atoms with Crippen LogP contribution in [-0.2, 0) is 4.79 Å². The number of ether oxygens (including phenoxy) is 1. The molecule has 0 spiro atoms. The molecule has 0 aliphatic carbocycles. The third-order valence-electron chi connectivity index (χ3n) is 2.63. The number of aliphatic carboxylic acids is 1. The fourth-order valence-electron chi connectivity index (χ4n) is 1.80. The maximum absolute atomic E-state index is 11.5. The Morgan fingerprint density at radius 3 is 2.65 bits per heavy atom. The molecule has 2 aromatic rings. The molecule has 88 valence electrons. The Bertz CT molecular complexity index is 612. The monoisotopic (exact) mass is 233 g/mol. The van der Waals surface area contributed by atoms with E-state index >= 15 is 0 Å². The molecule has 0 aliphatic heterocycles. The van der Waals surface area contributed by atoms with Crippen LogP contribution in [0.2, 0.25) is 0 Å². The van der Waals surface area contributed by atoms with Gasteiger partial charge in [-0.25, -0.2) is 4.79 Å². The van der Waals surface area contributed by atoms with E-state index in [9.17, 15) is 9.59 Å². The molecule has 5 nitrogen and oxygen atoms in total. The highest BCUT2D eigenvalue weighted by molar-refractivity contribution is 6.42. The number of H-pyrrole nitrogens is 1. The van der Waals surface area contributed by atoms with Crippen molar-refractivity contribution < 1.29 is 19.4 Å². The Morgan fingerprint density at radius 2 is 2.06 bits per heavy atom. The first-order valence-electron chi connectivity index (χ1n) is 4.98. The number of hydrogen-bond acceptors (Lipinski definition) is 3. The number of benzene rings is 1. The van der Waals surface area contributed by atoms with Gasteiger partial charge in [0.25, 0.3) is 5.78 Å². The summed E-state index contributed by atoms with van der Waals surface area (Å²) in [5.74, 6) is -1.80. The fourth-order valence-corrected chi connectivity index (χ4v) is 1.80. The summed E-state index contributed by atoms with van der Waals surface area (Å²) in [6.45, 7) is 1.86. The van der Waals surface area contributed by atoms with Crippen LogP contribution in [0.5, 0.6) is 5.75 Å². The predicted molar refractivity (Wildman–Crippen MR) is 61.6 cm³/mol. The van der Waals surface area contributed by atoms with Gasteiger partial charge in [-0.15, -0.1) is 0 Å². The zero-order chi connectivity index (χ0) is 12.6. The van der Waals surface area contributed by atoms with E-state index in [0.717, 1.165) is 11.1 Å². The number of carboxylic acids is 1. The molecule has 2 N–H and O–H groups in total. The van der Waals surface area contributed by atoms with Crippen LogP contribution in [0.25, 0.3) is 10.9 Å². The standard InChI is InChI=1S/C12H11NO4/c1-6-3-7(17-2)4-8-9(5-13-10(6)8)11(14)12(15)16/h3-5,13H,1-2H3,(H,15,16). The summed E-state index contributed by atoms with van der Waals surface area (Å²) in [6, 6.07) is 3.46. The lowest BCUT2D eigenvalue weighted by Crippen LogP contribution is -2.11. The molecule has 0 unspecified atom stereocenters. The van der Waals surface area contributed by atoms with E-state index in [4.69, 9.17) is 9.84 Å². The molecule has 0 atom stereocenters. The summed E-state index contributed by atoms with van der Waals surface area (Å²) >= 11 is 0. The third-order valence-corrected chi connectivity index (χ3v) is 2.63. The lowest BCUT2D eigenvalue weighted by molar-refractivity contribution is -0.131. The van der Waals surface area contributed by atoms with Crippen LogP contribution in [0.15, 0.2) is 18.3 Å². The molecule has 1 heterocycles. The van der Waals surface area contributed by atoms with Crippen LogP contribution in [0.3, 0.4) is 0 Å². The lowest BCUT2D eigenvalue weighted by atomic mass is 10.1. The molecule has 17 heavy (non-hydrogen) atoms. The van der Waals surface area contributed by atoms with Gasteiger partial charge in [-0.3, -0.25) is 4.79 Å². The van der Waals surface area contributed by atoms with Crippen molar-refractivity contribution in [1.29, 1.82) is 0 Å². The number of ketones is 1. The SMILES string of the molecule is COc1cc(C)c2[nH]cc(C(=O)C(=O)O)c2c1. The molecule has 0 amide bonds. The summed E-state index contributed by atoms with van der Waals surface area (Å²) in [5.41, 5.74) is 1.79. The average Bonchev–Trinajstić information content (AvgIpc) is 2.71. The first-order chi connectivity index (χ1) is 8.04. The number of carboxylic acid groups (broad SMARTS) is 1. The number of aromatic nitrogens is 1. The predicted octanol–water partition coefficient (Wildman–Crippen LogP) is 1.75. The molecule has 0 bridgehead atoms. The number of rotatable bonds is 3. The summed E-state index contributed by atoms with van der Waals surface area (Å²) in [4.78, 5) is 25.1. The molecule has 0 aliphatic rings. The van der Waals surface area contributed by atoms with Crippen molar-refractivity contribution in [3.8, 4) is 5.75 Å². The maximum Gasteiger partial charge on any atom is 0.377 e. The molecule has 2 rings (SSSR count). The topological polar surface area (TPSA) is 79.4 Å². The molecule has 1 aromatic carbocycles. The van der Waals surface area contributed by atoms with Gasteiger partial charge in [0.05, 0.1) is 12.7 Å². The molecule has 5 heteroatoms. The van der Waals surface area contributed by atoms with Crippen molar-refractivity contribution in [2.75, 3.05) is 7.11 Å². The largest absolute Gasteiger partial charge is 0.497 e. The van der Waals surface area contributed by atoms with Crippen LogP contribution < -0.4 is 4.74 Å². The minimum atomic E-state index is -1.47. The van der Waals surface area contributed by atoms with Crippen LogP contribution >= 0.6 is 0 Å². The van der Waals surface area contributed by atoms with E-state index in [0.29, 0.717) is 11.1 Å². The molecular weight excluding hydrogens is 222 g/mol. The number of aromatic amines is 1. The van der Waals surface area contributed by atoms with Crippen LogP contribution in [-0.4, -0.2) is 29.0 Å². The van der Waals surface area contributed by atoms with Gasteiger partial charge in [0.1, 0.15) is 5.75 Å². The summed E-state index contributed by atoms with van der Waals surface area (Å²) in [6.07, 6.45) is 1.41. The third kappa shape index (κ3) is 1.75. The zero-order valence-corrected chi connectivity index (χ0v) is 9.40. The second-order valence-electron chi connectivity index (χ2n) is 3.70. The highest BCUT2D eigenvalue weighted by atomic mass is 16.5. The Balaban J connectivity index is 2.71. The molecule has 0 fully saturated rings. The van der Waals surface area contributed by atoms with Crippen molar-refractivity contribution in [3.05, 3.63) is 29.5 Å². The van der Waals surface area contributed by atoms with Crippen molar-refractivity contribution in [3.63, 3.8) is 0 Å². The number of Topliss-reactive ketones (excluding diaryl/α,β-unsaturated/α-hetero) is 1. The van der Waals surface area contributed by atoms with Gasteiger partial charge in [0, 0.05) is 17.1 Å². The number of hydrogen-bond donors (Lipinski definition) is 2. The molecule has 0 saturated heterocycles. The zero-order valence-electron chi connectivity index (χ0n) is 9.40. The van der Waals surface area contributed by atoms with Crippen molar-refractivity contribution in [1.82, 2.24) is 4.98 Å². The van der Waals surface area contributed by atoms with Gasteiger partial charge in [0.15, 0.2) is 0 Å². The second-order valence-corrected chi connectivity index (χ2v) is 3.70. The van der Waals surface area contributed by atoms with E-state index in [1.807, 2.05) is 13.0 Å². The van der Waals surface area contributed by atoms with Gasteiger partial charge in [-0.05, 0) is 24.6 Å². The molecule has 1 aromatic heterocycles. The van der Waals surface area contributed by atoms with E-state index in [-0.39, 0.29) is 5.56 Å². The summed E-state index contributed by atoms with van der Waals surface area (Å²) < 4.78 is 5.10. The van der Waals surface area contributed by atoms with Crippen molar-refractivity contribution >= 4 is 22.7 Å². The first kappa shape index (κ1) is 11.2. The van der Waals surface area contributed by atoms with Gasteiger partial charge < -0.3 is 14.8 Å². The fraction of sp³-hybridized carbons (Fsp3) is 0.167. The Labute approximate surface area is 97.0 Å². The lowest BCUT2D eigenvalue weighted by Gasteiger charge is -2.03. The number of aryl methyl sites for hydroxylation is 1. The van der Waals surface area contributed by atoms with Gasteiger partial charge in [-0.2, -0.15) is 0 Å². The molecule has 0 radical (unpaired) electrons. The molecular formula is C12H11NO4. The minimum Gasteiger partial charge on any atom is -0.497 e. The van der Waals surface area contributed by atoms with Crippen LogP contribution in [0.4, 0.5) is 0 Å². The van der Waals surface area contributed by atoms with Gasteiger partial charge in [0.2, 0.25) is 0 Å². The van der Waals surface area contributed by atoms with Gasteiger partial charge in [-0.1, -0.05) is 0 Å². The summed E-state index contributed by atoms with van der Waals surface area (Å²) in [5, 5.41) is 9.28. The second kappa shape index (κ2) is 3.93. The van der Waals surface area contributed by atoms with E-state index in [1.165, 1.54) is 13.3 Å². The highest BCUT2D eigenvalue weighted by Crippen LogP contribution is 2.27. The van der Waals surface area contributed by atoms with Crippen molar-refractivity contribution in [2.24, 2.45) is 0 Å². The number of nitrogens with one attached hydrogen (secondary N) is 1. The Hall–Kier alpha value is -2.30.